The minimum Gasteiger partial charge on any atom is -0.509 e. The molecule has 3 aromatic heterocycles. The summed E-state index contributed by atoms with van der Waals surface area (Å²) in [6.07, 6.45) is 0. The molecule has 8 aromatic carbocycles. The van der Waals surface area contributed by atoms with Crippen molar-refractivity contribution in [3.05, 3.63) is 176 Å². The van der Waals surface area contributed by atoms with E-state index in [-0.39, 0.29) is 27.6 Å². The van der Waals surface area contributed by atoms with Crippen molar-refractivity contribution >= 4 is 96.8 Å². The van der Waals surface area contributed by atoms with Crippen molar-refractivity contribution < 1.29 is 5.11 Å². The molecule has 61 heavy (non-hydrogen) atoms. The van der Waals surface area contributed by atoms with Crippen molar-refractivity contribution in [3.63, 3.8) is 0 Å². The molecule has 1 N–H and O–H groups in total. The first-order valence-corrected chi connectivity index (χ1v) is 20.0. The van der Waals surface area contributed by atoms with Crippen LogP contribution in [0.3, 0.4) is 0 Å². The Morgan fingerprint density at radius 1 is 0.361 bits per heavy atom. The number of phenolic OH excluding ortho intramolecular Hbond substituents is 1. The topological polar surface area (TPSA) is 55.9 Å². The quantitative estimate of drug-likeness (QED) is 0.174. The predicted molar refractivity (Wildman–Crippen MR) is 256 cm³/mol. The number of benzene rings is 8. The van der Waals surface area contributed by atoms with Gasteiger partial charge in [0.05, 0.1) is 39.2 Å². The molecule has 11 aromatic rings. The molecule has 276 valence electrons. The smallest absolute Gasteiger partial charge is 0.160 e. The Morgan fingerprint density at radius 3 is 1.36 bits per heavy atom. The lowest BCUT2D eigenvalue weighted by Crippen LogP contribution is -2.42. The average Bonchev–Trinajstić information content (AvgIpc) is 3.83. The molecule has 0 aliphatic heterocycles. The van der Waals surface area contributed by atoms with Crippen LogP contribution in [0.1, 0.15) is 0 Å². The molecule has 0 spiro atoms. The predicted octanol–water partition coefficient (Wildman–Crippen LogP) is 8.22. The summed E-state index contributed by atoms with van der Waals surface area (Å²) in [6.45, 7) is 0. The second-order valence-electron chi connectivity index (χ2n) is 15.3. The van der Waals surface area contributed by atoms with Gasteiger partial charge in [-0.05, 0) is 83.4 Å². The number of rotatable bonds is 6. The molecule has 0 aliphatic rings. The average molecular weight is 770 g/mol. The lowest BCUT2D eigenvalue weighted by molar-refractivity contribution is 0.484. The maximum atomic E-state index is 10.5. The highest BCUT2D eigenvalue weighted by Gasteiger charge is 2.20. The molecular formula is C52H30B4N4O. The van der Waals surface area contributed by atoms with Gasteiger partial charge >= 0.3 is 0 Å². The van der Waals surface area contributed by atoms with E-state index in [1.807, 2.05) is 36.4 Å². The van der Waals surface area contributed by atoms with Crippen LogP contribution in [0.25, 0.3) is 100 Å². The maximum absolute atomic E-state index is 10.5. The zero-order valence-corrected chi connectivity index (χ0v) is 32.8. The van der Waals surface area contributed by atoms with Gasteiger partial charge in [0.25, 0.3) is 0 Å². The number of para-hydroxylation sites is 3. The zero-order valence-electron chi connectivity index (χ0n) is 32.8. The number of fused-ring (bicyclic) bond motifs is 6. The minimum atomic E-state index is -0.349. The van der Waals surface area contributed by atoms with E-state index < -0.39 is 0 Å². The van der Waals surface area contributed by atoms with Gasteiger partial charge in [-0.15, -0.1) is 0 Å². The summed E-state index contributed by atoms with van der Waals surface area (Å²) in [4.78, 5) is 9.85. The lowest BCUT2D eigenvalue weighted by atomic mass is 9.66. The molecule has 0 amide bonds. The maximum Gasteiger partial charge on any atom is 0.160 e. The summed E-state index contributed by atoms with van der Waals surface area (Å²) in [5, 5.41) is 15.2. The van der Waals surface area contributed by atoms with Gasteiger partial charge in [-0.25, -0.2) is 9.97 Å². The monoisotopic (exact) mass is 770 g/mol. The fourth-order valence-corrected chi connectivity index (χ4v) is 8.75. The first-order valence-electron chi connectivity index (χ1n) is 20.0. The van der Waals surface area contributed by atoms with Crippen LogP contribution in [0, 0.1) is 0 Å². The van der Waals surface area contributed by atoms with E-state index in [4.69, 9.17) is 41.4 Å². The van der Waals surface area contributed by atoms with E-state index in [1.54, 1.807) is 0 Å². The summed E-state index contributed by atoms with van der Waals surface area (Å²) >= 11 is 0. The number of hydrogen-bond acceptors (Lipinski definition) is 3. The van der Waals surface area contributed by atoms with E-state index in [0.29, 0.717) is 22.8 Å². The molecule has 5 nitrogen and oxygen atoms in total. The molecule has 3 heterocycles. The van der Waals surface area contributed by atoms with Crippen molar-refractivity contribution in [2.24, 2.45) is 0 Å². The Kier molecular flexibility index (Phi) is 8.60. The van der Waals surface area contributed by atoms with Gasteiger partial charge in [0.1, 0.15) is 31.4 Å². The zero-order chi connectivity index (χ0) is 41.4. The van der Waals surface area contributed by atoms with E-state index in [0.717, 1.165) is 44.7 Å². The summed E-state index contributed by atoms with van der Waals surface area (Å²) in [6, 6.07) is 61.1. The van der Waals surface area contributed by atoms with Crippen LogP contribution in [0.2, 0.25) is 0 Å². The molecule has 9 heteroatoms. The van der Waals surface area contributed by atoms with E-state index in [1.165, 1.54) is 32.6 Å². The molecule has 8 radical (unpaired) electrons. The van der Waals surface area contributed by atoms with E-state index >= 15 is 0 Å². The molecular weight excluding hydrogens is 740 g/mol. The van der Waals surface area contributed by atoms with Gasteiger partial charge < -0.3 is 14.2 Å². The van der Waals surface area contributed by atoms with Gasteiger partial charge in [0, 0.05) is 44.0 Å². The van der Waals surface area contributed by atoms with Gasteiger partial charge in [0.15, 0.2) is 5.82 Å². The van der Waals surface area contributed by atoms with Crippen molar-refractivity contribution in [3.8, 4) is 62.2 Å². The Labute approximate surface area is 357 Å². The Morgan fingerprint density at radius 2 is 0.803 bits per heavy atom. The highest BCUT2D eigenvalue weighted by molar-refractivity contribution is 6.61. The number of phenols is 1. The Hall–Kier alpha value is -7.50. The largest absolute Gasteiger partial charge is 0.509 e. The van der Waals surface area contributed by atoms with Gasteiger partial charge in [-0.2, -0.15) is 0 Å². The van der Waals surface area contributed by atoms with E-state index in [9.17, 15) is 5.11 Å². The molecule has 0 saturated carbocycles. The van der Waals surface area contributed by atoms with Gasteiger partial charge in [0.2, 0.25) is 0 Å². The summed E-state index contributed by atoms with van der Waals surface area (Å²) in [5.41, 5.74) is 12.2. The molecule has 0 unspecified atom stereocenters. The molecule has 0 saturated heterocycles. The third-order valence-corrected chi connectivity index (χ3v) is 11.8. The SMILES string of the molecule is [B]c1c([B])c(-c2cc(-c3ccc(-n4c5ccccc5c5cc(-c6ccc7c(c6)c6ccccc6n7-c6ccccc6)ccc54)cc3)nc(-c3ccccc3)n2)c([B])c([B])c1O. The van der Waals surface area contributed by atoms with Crippen LogP contribution in [-0.2, 0) is 0 Å². The van der Waals surface area contributed by atoms with Crippen molar-refractivity contribution in [1.29, 1.82) is 0 Å². The second kappa shape index (κ2) is 14.4. The highest BCUT2D eigenvalue weighted by Crippen LogP contribution is 2.38. The van der Waals surface area contributed by atoms with Crippen LogP contribution in [0.5, 0.6) is 5.75 Å². The van der Waals surface area contributed by atoms with Crippen LogP contribution in [0.15, 0.2) is 176 Å². The van der Waals surface area contributed by atoms with Crippen LogP contribution in [0.4, 0.5) is 0 Å². The molecule has 0 atom stereocenters. The van der Waals surface area contributed by atoms with Crippen LogP contribution < -0.4 is 21.9 Å². The Bertz CT molecular complexity index is 3500. The standard InChI is InChI=1S/C52H30B4N4O/c53-47-46(48(54)50(56)51(61)49(47)55)41-29-40(57-52(58-41)31-11-3-1-4-12-31)30-19-23-35(24-20-30)60-43-18-10-8-16-37(43)39-28-33(22-26-45(39)60)32-21-25-44-38(27-32)36-15-7-9-17-42(36)59(44)34-13-5-2-6-14-34/h1-29,61H. The second-order valence-corrected chi connectivity index (χ2v) is 15.3. The van der Waals surface area contributed by atoms with Crippen molar-refractivity contribution in [2.75, 3.05) is 0 Å². The number of nitrogens with zero attached hydrogens (tertiary/aromatic N) is 4. The number of aromatic nitrogens is 4. The van der Waals surface area contributed by atoms with E-state index in [2.05, 4.69) is 149 Å². The van der Waals surface area contributed by atoms with Crippen molar-refractivity contribution in [1.82, 2.24) is 19.1 Å². The normalized spacial score (nSPS) is 11.6. The first-order chi connectivity index (χ1) is 29.8. The van der Waals surface area contributed by atoms with Crippen molar-refractivity contribution in [2.45, 2.75) is 0 Å². The fraction of sp³-hybridized carbons (Fsp3) is 0. The third kappa shape index (κ3) is 5.91. The number of hydrogen-bond donors (Lipinski definition) is 1. The fourth-order valence-electron chi connectivity index (χ4n) is 8.75. The van der Waals surface area contributed by atoms with Crippen LogP contribution >= 0.6 is 0 Å². The van der Waals surface area contributed by atoms with Crippen LogP contribution in [-0.4, -0.2) is 55.6 Å². The summed E-state index contributed by atoms with van der Waals surface area (Å²) < 4.78 is 4.65. The summed E-state index contributed by atoms with van der Waals surface area (Å²) in [5.74, 6) is 0.124. The third-order valence-electron chi connectivity index (χ3n) is 11.8. The lowest BCUT2D eigenvalue weighted by Gasteiger charge is -2.20. The Balaban J connectivity index is 1.02. The minimum absolute atomic E-state index is 0.0565. The molecule has 11 rings (SSSR count). The highest BCUT2D eigenvalue weighted by atomic mass is 16.3. The van der Waals surface area contributed by atoms with Gasteiger partial charge in [-0.3, -0.25) is 0 Å². The number of aromatic hydroxyl groups is 1. The molecule has 0 bridgehead atoms. The molecule has 0 fully saturated rings. The summed E-state index contributed by atoms with van der Waals surface area (Å²) in [7, 11) is 25.2. The molecule has 0 aliphatic carbocycles. The first kappa shape index (κ1) is 36.6. The van der Waals surface area contributed by atoms with Gasteiger partial charge in [-0.1, -0.05) is 131 Å².